The van der Waals surface area contributed by atoms with Gasteiger partial charge >= 0.3 is 0 Å². The van der Waals surface area contributed by atoms with Crippen LogP contribution in [-0.4, -0.2) is 40.5 Å². The highest BCUT2D eigenvalue weighted by molar-refractivity contribution is 9.10. The van der Waals surface area contributed by atoms with Gasteiger partial charge in [-0.25, -0.2) is 9.97 Å². The SMILES string of the molecule is Cc1nc(-c2ccccc2Br)cc([C@@H]2CN3CC[C@H]2C[C@@H]3CNCc2ccco2)n1. The first-order chi connectivity index (χ1) is 14.7. The number of rotatable bonds is 6. The number of aromatic nitrogens is 2. The zero-order valence-corrected chi connectivity index (χ0v) is 18.8. The molecule has 0 saturated carbocycles. The van der Waals surface area contributed by atoms with Crippen LogP contribution in [0.4, 0.5) is 0 Å². The highest BCUT2D eigenvalue weighted by Crippen LogP contribution is 2.42. The first-order valence-electron chi connectivity index (χ1n) is 10.7. The van der Waals surface area contributed by atoms with Gasteiger partial charge in [0.1, 0.15) is 11.6 Å². The molecule has 2 aromatic heterocycles. The molecule has 6 rings (SSSR count). The molecule has 0 radical (unpaired) electrons. The van der Waals surface area contributed by atoms with E-state index in [1.165, 1.54) is 25.1 Å². The van der Waals surface area contributed by atoms with E-state index in [2.05, 4.69) is 50.4 Å². The number of benzene rings is 1. The minimum Gasteiger partial charge on any atom is -0.468 e. The first-order valence-corrected chi connectivity index (χ1v) is 11.5. The maximum atomic E-state index is 5.43. The number of fused-ring (bicyclic) bond motifs is 3. The lowest BCUT2D eigenvalue weighted by atomic mass is 9.74. The van der Waals surface area contributed by atoms with Crippen LogP contribution in [0.1, 0.15) is 36.0 Å². The van der Waals surface area contributed by atoms with Gasteiger partial charge in [-0.3, -0.25) is 4.90 Å². The molecule has 3 aliphatic rings. The molecule has 4 atom stereocenters. The minimum absolute atomic E-state index is 0.489. The Morgan fingerprint density at radius 3 is 2.87 bits per heavy atom. The lowest BCUT2D eigenvalue weighted by Gasteiger charge is -2.50. The average molecular weight is 467 g/mol. The summed E-state index contributed by atoms with van der Waals surface area (Å²) in [5.74, 6) is 3.03. The fourth-order valence-corrected chi connectivity index (χ4v) is 5.54. The molecule has 5 heterocycles. The van der Waals surface area contributed by atoms with E-state index in [1.54, 1.807) is 6.26 Å². The third-order valence-electron chi connectivity index (χ3n) is 6.53. The van der Waals surface area contributed by atoms with E-state index in [1.807, 2.05) is 25.1 Å². The Balaban J connectivity index is 1.30. The lowest BCUT2D eigenvalue weighted by molar-refractivity contribution is 0.0290. The smallest absolute Gasteiger partial charge is 0.126 e. The van der Waals surface area contributed by atoms with Crippen molar-refractivity contribution in [2.45, 2.75) is 38.3 Å². The van der Waals surface area contributed by atoms with Crippen LogP contribution in [0.5, 0.6) is 0 Å². The van der Waals surface area contributed by atoms with Crippen molar-refractivity contribution in [2.24, 2.45) is 5.92 Å². The van der Waals surface area contributed by atoms with Crippen LogP contribution in [-0.2, 0) is 6.54 Å². The number of furan rings is 1. The van der Waals surface area contributed by atoms with Gasteiger partial charge in [-0.2, -0.15) is 0 Å². The summed E-state index contributed by atoms with van der Waals surface area (Å²) < 4.78 is 6.51. The quantitative estimate of drug-likeness (QED) is 0.566. The second-order valence-corrected chi connectivity index (χ2v) is 9.31. The number of hydrogen-bond donors (Lipinski definition) is 1. The van der Waals surface area contributed by atoms with Gasteiger partial charge in [-0.05, 0) is 56.5 Å². The average Bonchev–Trinajstić information content (AvgIpc) is 3.28. The second-order valence-electron chi connectivity index (χ2n) is 8.46. The highest BCUT2D eigenvalue weighted by Gasteiger charge is 2.41. The van der Waals surface area contributed by atoms with E-state index in [0.29, 0.717) is 17.9 Å². The van der Waals surface area contributed by atoms with E-state index in [0.717, 1.165) is 46.9 Å². The van der Waals surface area contributed by atoms with Gasteiger partial charge in [0, 0.05) is 40.8 Å². The zero-order valence-electron chi connectivity index (χ0n) is 17.2. The van der Waals surface area contributed by atoms with Gasteiger partial charge in [0.05, 0.1) is 18.5 Å². The van der Waals surface area contributed by atoms with Gasteiger partial charge in [0.2, 0.25) is 0 Å². The Morgan fingerprint density at radius 2 is 2.10 bits per heavy atom. The van der Waals surface area contributed by atoms with Crippen LogP contribution in [0.15, 0.2) is 57.6 Å². The zero-order chi connectivity index (χ0) is 20.5. The van der Waals surface area contributed by atoms with E-state index in [4.69, 9.17) is 14.4 Å². The summed E-state index contributed by atoms with van der Waals surface area (Å²) >= 11 is 3.67. The minimum atomic E-state index is 0.489. The molecule has 3 aliphatic heterocycles. The lowest BCUT2D eigenvalue weighted by Crippen LogP contribution is -2.55. The fraction of sp³-hybridized carbons (Fsp3) is 0.417. The van der Waals surface area contributed by atoms with Crippen molar-refractivity contribution >= 4 is 15.9 Å². The van der Waals surface area contributed by atoms with E-state index in [9.17, 15) is 0 Å². The molecule has 1 aromatic carbocycles. The maximum Gasteiger partial charge on any atom is 0.126 e. The van der Waals surface area contributed by atoms with Crippen LogP contribution in [0.2, 0.25) is 0 Å². The van der Waals surface area contributed by atoms with Crippen molar-refractivity contribution in [2.75, 3.05) is 19.6 Å². The van der Waals surface area contributed by atoms with E-state index in [-0.39, 0.29) is 0 Å². The number of hydrogen-bond acceptors (Lipinski definition) is 5. The van der Waals surface area contributed by atoms with Crippen LogP contribution in [0, 0.1) is 12.8 Å². The largest absolute Gasteiger partial charge is 0.468 e. The molecule has 0 aliphatic carbocycles. The second kappa shape index (κ2) is 8.61. The molecule has 30 heavy (non-hydrogen) atoms. The normalized spacial score (nSPS) is 25.5. The van der Waals surface area contributed by atoms with Gasteiger partial charge in [0.25, 0.3) is 0 Å². The van der Waals surface area contributed by atoms with Crippen molar-refractivity contribution in [3.8, 4) is 11.3 Å². The maximum absolute atomic E-state index is 5.43. The molecule has 3 fully saturated rings. The molecule has 1 unspecified atom stereocenters. The summed E-state index contributed by atoms with van der Waals surface area (Å²) in [6.07, 6.45) is 4.22. The number of halogens is 1. The summed E-state index contributed by atoms with van der Waals surface area (Å²) in [7, 11) is 0. The van der Waals surface area contributed by atoms with Crippen LogP contribution in [0.3, 0.4) is 0 Å². The molecule has 3 saturated heterocycles. The van der Waals surface area contributed by atoms with Gasteiger partial charge in [-0.15, -0.1) is 0 Å². The molecular weight excluding hydrogens is 440 g/mol. The summed E-state index contributed by atoms with van der Waals surface area (Å²) in [6.45, 7) is 6.09. The van der Waals surface area contributed by atoms with Crippen molar-refractivity contribution in [3.63, 3.8) is 0 Å². The highest BCUT2D eigenvalue weighted by atomic mass is 79.9. The summed E-state index contributed by atoms with van der Waals surface area (Å²) in [6, 6.07) is 15.1. The first kappa shape index (κ1) is 19.9. The standard InChI is InChI=1S/C24H27BrN4O/c1-16-27-23(20-6-2-3-7-22(20)25)12-24(28-16)21-15-29-9-8-17(21)11-18(29)13-26-14-19-5-4-10-30-19/h2-7,10,12,17-18,21,26H,8-9,11,13-15H2,1H3/t17-,18+,21+/m0/s1. The number of nitrogens with zero attached hydrogens (tertiary/aromatic N) is 3. The number of aryl methyl sites for hydroxylation is 1. The molecule has 3 aromatic rings. The Labute approximate surface area is 186 Å². The summed E-state index contributed by atoms with van der Waals surface area (Å²) in [4.78, 5) is 12.2. The number of nitrogens with one attached hydrogen (secondary N) is 1. The number of piperidine rings is 3. The van der Waals surface area contributed by atoms with Gasteiger partial charge < -0.3 is 9.73 Å². The summed E-state index contributed by atoms with van der Waals surface area (Å²) in [5, 5.41) is 3.58. The fourth-order valence-electron chi connectivity index (χ4n) is 5.05. The van der Waals surface area contributed by atoms with Crippen LogP contribution < -0.4 is 5.32 Å². The molecule has 2 bridgehead atoms. The third kappa shape index (κ3) is 4.09. The van der Waals surface area contributed by atoms with Crippen LogP contribution in [0.25, 0.3) is 11.3 Å². The predicted octanol–water partition coefficient (Wildman–Crippen LogP) is 4.78. The molecule has 1 N–H and O–H groups in total. The molecule has 156 valence electrons. The van der Waals surface area contributed by atoms with Crippen molar-refractivity contribution in [1.82, 2.24) is 20.2 Å². The Kier molecular flexibility index (Phi) is 5.72. The van der Waals surface area contributed by atoms with Gasteiger partial charge in [0.15, 0.2) is 0 Å². The van der Waals surface area contributed by atoms with Gasteiger partial charge in [-0.1, -0.05) is 34.1 Å². The molecule has 6 heteroatoms. The molecule has 0 spiro atoms. The summed E-state index contributed by atoms with van der Waals surface area (Å²) in [5.41, 5.74) is 3.34. The van der Waals surface area contributed by atoms with E-state index >= 15 is 0 Å². The Bertz CT molecular complexity index is 1010. The monoisotopic (exact) mass is 466 g/mol. The molecule has 5 nitrogen and oxygen atoms in total. The topological polar surface area (TPSA) is 54.2 Å². The van der Waals surface area contributed by atoms with Crippen molar-refractivity contribution < 1.29 is 4.42 Å². The molecule has 0 amide bonds. The third-order valence-corrected chi connectivity index (χ3v) is 7.22. The Morgan fingerprint density at radius 1 is 1.20 bits per heavy atom. The van der Waals surface area contributed by atoms with E-state index < -0.39 is 0 Å². The van der Waals surface area contributed by atoms with Crippen LogP contribution >= 0.6 is 15.9 Å². The van der Waals surface area contributed by atoms with Crippen molar-refractivity contribution in [3.05, 3.63) is 70.5 Å². The van der Waals surface area contributed by atoms with Crippen molar-refractivity contribution in [1.29, 1.82) is 0 Å². The Hall–Kier alpha value is -2.02. The predicted molar refractivity (Wildman–Crippen MR) is 121 cm³/mol. The molecular formula is C24H27BrN4O.